The van der Waals surface area contributed by atoms with E-state index >= 15 is 0 Å². The molecule has 3 rings (SSSR count). The zero-order valence-corrected chi connectivity index (χ0v) is 11.0. The summed E-state index contributed by atoms with van der Waals surface area (Å²) in [5.74, 6) is 1.13. The van der Waals surface area contributed by atoms with Crippen molar-refractivity contribution < 1.29 is 0 Å². The van der Waals surface area contributed by atoms with E-state index in [1.54, 1.807) is 0 Å². The molecule has 0 spiro atoms. The highest BCUT2D eigenvalue weighted by molar-refractivity contribution is 5.12. The zero-order valence-electron chi connectivity index (χ0n) is 11.0. The first-order valence-electron chi connectivity index (χ1n) is 6.43. The van der Waals surface area contributed by atoms with Crippen molar-refractivity contribution in [2.45, 2.75) is 25.4 Å². The van der Waals surface area contributed by atoms with Gasteiger partial charge in [-0.25, -0.2) is 4.98 Å². The lowest BCUT2D eigenvalue weighted by atomic mass is 10.1. The lowest BCUT2D eigenvalue weighted by molar-refractivity contribution is 0.240. The van der Waals surface area contributed by atoms with Gasteiger partial charge in [-0.3, -0.25) is 9.58 Å². The van der Waals surface area contributed by atoms with Crippen molar-refractivity contribution in [2.24, 2.45) is 14.1 Å². The summed E-state index contributed by atoms with van der Waals surface area (Å²) >= 11 is 0. The minimum atomic E-state index is 0.496. The summed E-state index contributed by atoms with van der Waals surface area (Å²) in [6.45, 7) is 2.06. The SMILES string of the molecule is Cn1cc(C2CCCN2Cc2nccn2C)cn1. The van der Waals surface area contributed by atoms with Gasteiger partial charge in [0.15, 0.2) is 0 Å². The van der Waals surface area contributed by atoms with Gasteiger partial charge in [0.2, 0.25) is 0 Å². The van der Waals surface area contributed by atoms with Crippen molar-refractivity contribution in [2.75, 3.05) is 6.54 Å². The van der Waals surface area contributed by atoms with Crippen LogP contribution in [0, 0.1) is 0 Å². The fraction of sp³-hybridized carbons (Fsp3) is 0.538. The quantitative estimate of drug-likeness (QED) is 0.822. The molecule has 1 fully saturated rings. The number of imidazole rings is 1. The average molecular weight is 245 g/mol. The second-order valence-corrected chi connectivity index (χ2v) is 5.03. The number of hydrogen-bond donors (Lipinski definition) is 0. The van der Waals surface area contributed by atoms with Gasteiger partial charge in [0.05, 0.1) is 12.7 Å². The molecule has 2 aromatic heterocycles. The molecule has 0 N–H and O–H groups in total. The van der Waals surface area contributed by atoms with Crippen LogP contribution in [0.1, 0.15) is 30.3 Å². The molecule has 1 aliphatic rings. The van der Waals surface area contributed by atoms with Crippen molar-refractivity contribution in [1.29, 1.82) is 0 Å². The molecule has 18 heavy (non-hydrogen) atoms. The topological polar surface area (TPSA) is 38.9 Å². The largest absolute Gasteiger partial charge is 0.337 e. The third kappa shape index (κ3) is 2.06. The van der Waals surface area contributed by atoms with E-state index in [0.29, 0.717) is 6.04 Å². The molecule has 1 aliphatic heterocycles. The van der Waals surface area contributed by atoms with Gasteiger partial charge in [0, 0.05) is 44.3 Å². The molecule has 1 atom stereocenters. The van der Waals surface area contributed by atoms with Crippen LogP contribution in [-0.4, -0.2) is 30.8 Å². The van der Waals surface area contributed by atoms with E-state index in [2.05, 4.69) is 32.8 Å². The van der Waals surface area contributed by atoms with Crippen LogP contribution < -0.4 is 0 Å². The Morgan fingerprint density at radius 3 is 2.94 bits per heavy atom. The smallest absolute Gasteiger partial charge is 0.122 e. The monoisotopic (exact) mass is 245 g/mol. The summed E-state index contributed by atoms with van der Waals surface area (Å²) in [4.78, 5) is 6.91. The van der Waals surface area contributed by atoms with E-state index in [1.807, 2.05) is 30.3 Å². The van der Waals surface area contributed by atoms with Crippen molar-refractivity contribution in [3.63, 3.8) is 0 Å². The molecule has 5 heteroatoms. The number of hydrogen-bond acceptors (Lipinski definition) is 3. The highest BCUT2D eigenvalue weighted by atomic mass is 15.3. The number of rotatable bonds is 3. The van der Waals surface area contributed by atoms with Gasteiger partial charge in [-0.15, -0.1) is 0 Å². The Morgan fingerprint density at radius 1 is 1.39 bits per heavy atom. The molecule has 2 aromatic rings. The van der Waals surface area contributed by atoms with Crippen LogP contribution in [0.3, 0.4) is 0 Å². The van der Waals surface area contributed by atoms with Crippen molar-refractivity contribution >= 4 is 0 Å². The van der Waals surface area contributed by atoms with E-state index in [-0.39, 0.29) is 0 Å². The van der Waals surface area contributed by atoms with Gasteiger partial charge in [0.1, 0.15) is 5.82 Å². The first-order chi connectivity index (χ1) is 8.74. The van der Waals surface area contributed by atoms with Gasteiger partial charge in [0.25, 0.3) is 0 Å². The highest BCUT2D eigenvalue weighted by Gasteiger charge is 2.27. The molecule has 1 saturated heterocycles. The Labute approximate surface area is 107 Å². The molecule has 3 heterocycles. The number of nitrogens with zero attached hydrogens (tertiary/aromatic N) is 5. The number of aromatic nitrogens is 4. The highest BCUT2D eigenvalue weighted by Crippen LogP contribution is 2.32. The van der Waals surface area contributed by atoms with E-state index in [1.165, 1.54) is 18.4 Å². The van der Waals surface area contributed by atoms with Crippen LogP contribution in [0.25, 0.3) is 0 Å². The van der Waals surface area contributed by atoms with Gasteiger partial charge >= 0.3 is 0 Å². The summed E-state index contributed by atoms with van der Waals surface area (Å²) in [5.41, 5.74) is 1.32. The van der Waals surface area contributed by atoms with Crippen molar-refractivity contribution in [1.82, 2.24) is 24.2 Å². The van der Waals surface area contributed by atoms with Crippen LogP contribution in [0.15, 0.2) is 24.8 Å². The normalized spacial score (nSPS) is 20.7. The van der Waals surface area contributed by atoms with E-state index in [4.69, 9.17) is 0 Å². The fourth-order valence-electron chi connectivity index (χ4n) is 2.74. The van der Waals surface area contributed by atoms with Gasteiger partial charge in [-0.2, -0.15) is 5.10 Å². The molecule has 0 aliphatic carbocycles. The third-order valence-electron chi connectivity index (χ3n) is 3.74. The van der Waals surface area contributed by atoms with E-state index in [9.17, 15) is 0 Å². The van der Waals surface area contributed by atoms with Crippen LogP contribution in [0.2, 0.25) is 0 Å². The molecule has 0 radical (unpaired) electrons. The molecule has 96 valence electrons. The molecule has 1 unspecified atom stereocenters. The molecular weight excluding hydrogens is 226 g/mol. The molecule has 0 aromatic carbocycles. The Kier molecular flexibility index (Phi) is 2.91. The maximum Gasteiger partial charge on any atom is 0.122 e. The maximum absolute atomic E-state index is 4.41. The second-order valence-electron chi connectivity index (χ2n) is 5.03. The van der Waals surface area contributed by atoms with Gasteiger partial charge in [-0.1, -0.05) is 0 Å². The van der Waals surface area contributed by atoms with Crippen LogP contribution >= 0.6 is 0 Å². The zero-order chi connectivity index (χ0) is 12.5. The van der Waals surface area contributed by atoms with Crippen LogP contribution in [0.4, 0.5) is 0 Å². The van der Waals surface area contributed by atoms with Crippen LogP contribution in [-0.2, 0) is 20.6 Å². The van der Waals surface area contributed by atoms with E-state index in [0.717, 1.165) is 18.9 Å². The van der Waals surface area contributed by atoms with Gasteiger partial charge in [-0.05, 0) is 19.4 Å². The van der Waals surface area contributed by atoms with E-state index < -0.39 is 0 Å². The maximum atomic E-state index is 4.41. The standard InChI is InChI=1S/C13H19N5/c1-16-7-5-14-13(16)10-18-6-3-4-12(18)11-8-15-17(2)9-11/h5,7-9,12H,3-4,6,10H2,1-2H3. The Balaban J connectivity index is 1.77. The molecule has 0 bridgehead atoms. The van der Waals surface area contributed by atoms with Gasteiger partial charge < -0.3 is 4.57 Å². The predicted octanol–water partition coefficient (Wildman–Crippen LogP) is 1.49. The molecular formula is C13H19N5. The minimum absolute atomic E-state index is 0.496. The molecule has 0 amide bonds. The average Bonchev–Trinajstić information content (AvgIpc) is 3.03. The van der Waals surface area contributed by atoms with Crippen molar-refractivity contribution in [3.8, 4) is 0 Å². The summed E-state index contributed by atoms with van der Waals surface area (Å²) in [7, 11) is 4.03. The predicted molar refractivity (Wildman–Crippen MR) is 68.8 cm³/mol. The molecule has 5 nitrogen and oxygen atoms in total. The third-order valence-corrected chi connectivity index (χ3v) is 3.74. The fourth-order valence-corrected chi connectivity index (χ4v) is 2.74. The van der Waals surface area contributed by atoms with Crippen LogP contribution in [0.5, 0.6) is 0 Å². The summed E-state index contributed by atoms with van der Waals surface area (Å²) in [6, 6.07) is 0.496. The summed E-state index contributed by atoms with van der Waals surface area (Å²) in [6.07, 6.45) is 10.5. The Bertz CT molecular complexity index is 527. The lowest BCUT2D eigenvalue weighted by Gasteiger charge is -2.23. The Hall–Kier alpha value is -1.62. The summed E-state index contributed by atoms with van der Waals surface area (Å²) in [5, 5.41) is 4.28. The second kappa shape index (κ2) is 4.57. The number of aryl methyl sites for hydroxylation is 2. The first kappa shape index (κ1) is 11.5. The first-order valence-corrected chi connectivity index (χ1v) is 6.43. The summed E-state index contributed by atoms with van der Waals surface area (Å²) < 4.78 is 3.98. The Morgan fingerprint density at radius 2 is 2.28 bits per heavy atom. The minimum Gasteiger partial charge on any atom is -0.337 e. The number of likely N-dealkylation sites (tertiary alicyclic amines) is 1. The molecule has 0 saturated carbocycles. The lowest BCUT2D eigenvalue weighted by Crippen LogP contribution is -2.24. The van der Waals surface area contributed by atoms with Crippen molar-refractivity contribution in [3.05, 3.63) is 36.2 Å².